The lowest BCUT2D eigenvalue weighted by atomic mass is 9.77. The molecule has 2 aromatic rings. The molecule has 3 saturated carbocycles. The van der Waals surface area contributed by atoms with E-state index in [1.807, 2.05) is 20.8 Å². The second-order valence-electron chi connectivity index (χ2n) is 9.74. The van der Waals surface area contributed by atoms with E-state index in [0.717, 1.165) is 12.8 Å². The highest BCUT2D eigenvalue weighted by Crippen LogP contribution is 2.52. The predicted octanol–water partition coefficient (Wildman–Crippen LogP) is 4.27. The number of rotatable bonds is 5. The van der Waals surface area contributed by atoms with Gasteiger partial charge in [-0.05, 0) is 98.3 Å². The minimum atomic E-state index is -0.545. The second-order valence-corrected chi connectivity index (χ2v) is 10.5. The first-order chi connectivity index (χ1) is 15.5. The molecule has 0 radical (unpaired) electrons. The van der Waals surface area contributed by atoms with Gasteiger partial charge in [0.05, 0.1) is 0 Å². The summed E-state index contributed by atoms with van der Waals surface area (Å²) in [5, 5.41) is 8.87. The zero-order chi connectivity index (χ0) is 23.8. The number of aromatic nitrogens is 1. The maximum atomic E-state index is 12.7. The molecule has 8 nitrogen and oxygen atoms in total. The summed E-state index contributed by atoms with van der Waals surface area (Å²) in [5.74, 6) is -0.159. The van der Waals surface area contributed by atoms with Crippen LogP contribution >= 0.6 is 15.9 Å². The van der Waals surface area contributed by atoms with E-state index in [2.05, 4.69) is 36.9 Å². The first-order valence-corrected chi connectivity index (χ1v) is 11.7. The van der Waals surface area contributed by atoms with E-state index < -0.39 is 11.7 Å². The number of benzene rings is 1. The molecule has 2 bridgehead atoms. The van der Waals surface area contributed by atoms with Crippen molar-refractivity contribution in [2.24, 2.45) is 5.92 Å². The Labute approximate surface area is 201 Å². The number of ether oxygens (including phenoxy) is 1. The Morgan fingerprint density at radius 2 is 1.73 bits per heavy atom. The lowest BCUT2D eigenvalue weighted by Crippen LogP contribution is -2.53. The summed E-state index contributed by atoms with van der Waals surface area (Å²) in [6, 6.07) is 11.8. The molecule has 3 fully saturated rings. The normalized spacial score (nSPS) is 23.3. The van der Waals surface area contributed by atoms with Crippen LogP contribution in [0.5, 0.6) is 0 Å². The van der Waals surface area contributed by atoms with Crippen molar-refractivity contribution in [2.75, 3.05) is 5.32 Å². The fourth-order valence-corrected chi connectivity index (χ4v) is 4.86. The van der Waals surface area contributed by atoms with E-state index in [1.165, 1.54) is 0 Å². The molecule has 3 aliphatic carbocycles. The number of nitrogens with zero attached hydrogens (tertiary/aromatic N) is 1. The van der Waals surface area contributed by atoms with Crippen molar-refractivity contribution in [3.8, 4) is 0 Å². The molecule has 1 aromatic carbocycles. The molecule has 1 aromatic heterocycles. The van der Waals surface area contributed by atoms with Gasteiger partial charge in [-0.2, -0.15) is 0 Å². The molecule has 5 rings (SSSR count). The zero-order valence-electron chi connectivity index (χ0n) is 18.8. The summed E-state index contributed by atoms with van der Waals surface area (Å²) < 4.78 is 5.95. The van der Waals surface area contributed by atoms with Crippen molar-refractivity contribution < 1.29 is 19.1 Å². The van der Waals surface area contributed by atoms with E-state index in [1.54, 1.807) is 42.5 Å². The number of hydrogen-bond acceptors (Lipinski definition) is 5. The third kappa shape index (κ3) is 5.52. The number of anilines is 1. The van der Waals surface area contributed by atoms with Gasteiger partial charge in [0.15, 0.2) is 0 Å². The largest absolute Gasteiger partial charge is 0.444 e. The number of halogens is 1. The minimum absolute atomic E-state index is 0.00872. The molecule has 174 valence electrons. The van der Waals surface area contributed by atoms with Crippen molar-refractivity contribution in [2.45, 2.75) is 57.2 Å². The topological polar surface area (TPSA) is 109 Å². The molecular formula is C24H27BrN4O4. The molecule has 3 N–H and O–H groups in total. The average Bonchev–Trinajstić information content (AvgIpc) is 3.20. The molecule has 0 spiro atoms. The van der Waals surface area contributed by atoms with Crippen molar-refractivity contribution >= 4 is 39.5 Å². The van der Waals surface area contributed by atoms with Gasteiger partial charge in [0.1, 0.15) is 15.9 Å². The number of amides is 3. The van der Waals surface area contributed by atoms with E-state index >= 15 is 0 Å². The SMILES string of the molecule is CC(C)(C)OC(=O)NC12CC(C1)[C@H](NC(=O)c1ccc(NC(=O)c3cccc(Br)n3)cc1)C2. The number of pyridine rings is 1. The Morgan fingerprint density at radius 3 is 2.36 bits per heavy atom. The first kappa shape index (κ1) is 23.2. The quantitative estimate of drug-likeness (QED) is 0.516. The van der Waals surface area contributed by atoms with Crippen LogP contribution in [0.25, 0.3) is 0 Å². The highest BCUT2D eigenvalue weighted by molar-refractivity contribution is 9.10. The van der Waals surface area contributed by atoms with Gasteiger partial charge >= 0.3 is 6.09 Å². The fraction of sp³-hybridized carbons (Fsp3) is 0.417. The highest BCUT2D eigenvalue weighted by atomic mass is 79.9. The number of nitrogens with one attached hydrogen (secondary N) is 3. The van der Waals surface area contributed by atoms with Crippen molar-refractivity contribution in [1.82, 2.24) is 15.6 Å². The standard InChI is InChI=1S/C24H27BrN4O4/c1-23(2,3)33-22(32)29-24-11-15(12-24)18(13-24)28-20(30)14-7-9-16(10-8-14)26-21(31)17-5-4-6-19(25)27-17/h4-10,15,18H,11-13H2,1-3H3,(H,26,31)(H,28,30)(H,29,32)/t15?,18-,24?/m1/s1. The van der Waals surface area contributed by atoms with Gasteiger partial charge < -0.3 is 20.7 Å². The smallest absolute Gasteiger partial charge is 0.408 e. The maximum absolute atomic E-state index is 12.7. The number of hydrogen-bond donors (Lipinski definition) is 3. The van der Waals surface area contributed by atoms with Gasteiger partial charge in [0, 0.05) is 22.8 Å². The monoisotopic (exact) mass is 514 g/mol. The fourth-order valence-electron chi connectivity index (χ4n) is 4.51. The third-order valence-electron chi connectivity index (χ3n) is 5.92. The van der Waals surface area contributed by atoms with Gasteiger partial charge in [0.25, 0.3) is 11.8 Å². The van der Waals surface area contributed by atoms with Gasteiger partial charge in [-0.3, -0.25) is 9.59 Å². The van der Waals surface area contributed by atoms with Crippen LogP contribution in [0.1, 0.15) is 60.9 Å². The Kier molecular flexibility index (Phi) is 6.18. The van der Waals surface area contributed by atoms with Crippen molar-refractivity contribution in [3.63, 3.8) is 0 Å². The van der Waals surface area contributed by atoms with Crippen LogP contribution in [-0.4, -0.2) is 40.1 Å². The van der Waals surface area contributed by atoms with Gasteiger partial charge in [0.2, 0.25) is 0 Å². The van der Waals surface area contributed by atoms with Crippen LogP contribution in [0.2, 0.25) is 0 Å². The van der Waals surface area contributed by atoms with Crippen LogP contribution < -0.4 is 16.0 Å². The summed E-state index contributed by atoms with van der Waals surface area (Å²) in [4.78, 5) is 41.4. The lowest BCUT2D eigenvalue weighted by molar-refractivity contribution is 0.0395. The molecule has 9 heteroatoms. The molecule has 0 unspecified atom stereocenters. The average molecular weight is 515 g/mol. The van der Waals surface area contributed by atoms with Gasteiger partial charge in [-0.15, -0.1) is 0 Å². The van der Waals surface area contributed by atoms with Crippen molar-refractivity contribution in [1.29, 1.82) is 0 Å². The molecule has 0 saturated heterocycles. The van der Waals surface area contributed by atoms with E-state index in [9.17, 15) is 14.4 Å². The maximum Gasteiger partial charge on any atom is 0.408 e. The molecule has 3 aliphatic rings. The lowest BCUT2D eigenvalue weighted by Gasteiger charge is -2.39. The Balaban J connectivity index is 1.30. The van der Waals surface area contributed by atoms with Crippen LogP contribution in [0.15, 0.2) is 47.1 Å². The van der Waals surface area contributed by atoms with Crippen LogP contribution in [-0.2, 0) is 4.74 Å². The molecule has 1 heterocycles. The summed E-state index contributed by atoms with van der Waals surface area (Å²) in [7, 11) is 0. The summed E-state index contributed by atoms with van der Waals surface area (Å²) in [5.41, 5.74) is 0.532. The van der Waals surface area contributed by atoms with Crippen LogP contribution in [0.4, 0.5) is 10.5 Å². The Hall–Kier alpha value is -2.94. The Bertz CT molecular complexity index is 1070. The highest BCUT2D eigenvalue weighted by Gasteiger charge is 2.57. The zero-order valence-corrected chi connectivity index (χ0v) is 20.4. The molecule has 1 atom stereocenters. The van der Waals surface area contributed by atoms with E-state index in [4.69, 9.17) is 4.74 Å². The van der Waals surface area contributed by atoms with Crippen molar-refractivity contribution in [3.05, 3.63) is 58.3 Å². The molecule has 3 amide bonds. The minimum Gasteiger partial charge on any atom is -0.444 e. The number of carbonyl (C=O) groups is 3. The summed E-state index contributed by atoms with van der Waals surface area (Å²) in [6.45, 7) is 5.50. The molecule has 0 aliphatic heterocycles. The van der Waals surface area contributed by atoms with E-state index in [-0.39, 0.29) is 23.4 Å². The second kappa shape index (κ2) is 8.78. The number of fused-ring (bicyclic) bond motifs is 1. The van der Waals surface area contributed by atoms with Gasteiger partial charge in [-0.1, -0.05) is 6.07 Å². The van der Waals surface area contributed by atoms with Gasteiger partial charge in [-0.25, -0.2) is 9.78 Å². The van der Waals surface area contributed by atoms with E-state index in [0.29, 0.717) is 33.9 Å². The first-order valence-electron chi connectivity index (χ1n) is 10.9. The van der Waals surface area contributed by atoms with Crippen LogP contribution in [0, 0.1) is 5.92 Å². The van der Waals surface area contributed by atoms with Crippen LogP contribution in [0.3, 0.4) is 0 Å². The summed E-state index contributed by atoms with van der Waals surface area (Å²) in [6.07, 6.45) is 1.96. The molecular weight excluding hydrogens is 488 g/mol. The third-order valence-corrected chi connectivity index (χ3v) is 6.36. The molecule has 33 heavy (non-hydrogen) atoms. The number of alkyl carbamates (subject to hydrolysis) is 1. The predicted molar refractivity (Wildman–Crippen MR) is 127 cm³/mol. The Morgan fingerprint density at radius 1 is 1.03 bits per heavy atom. The number of carbonyl (C=O) groups excluding carboxylic acids is 3. The summed E-state index contributed by atoms with van der Waals surface area (Å²) >= 11 is 3.25.